The molecule has 15 heavy (non-hydrogen) atoms. The second-order valence-corrected chi connectivity index (χ2v) is 3.52. The summed E-state index contributed by atoms with van der Waals surface area (Å²) >= 11 is 0. The van der Waals surface area contributed by atoms with Crippen LogP contribution in [-0.4, -0.2) is 12.6 Å². The van der Waals surface area contributed by atoms with E-state index in [4.69, 9.17) is 16.6 Å². The average Bonchev–Trinajstić information content (AvgIpc) is 2.77. The molecule has 1 aromatic rings. The molecule has 2 unspecified atom stereocenters. The van der Waals surface area contributed by atoms with Gasteiger partial charge in [-0.15, -0.1) is 6.42 Å². The van der Waals surface area contributed by atoms with Crippen molar-refractivity contribution in [2.75, 3.05) is 6.54 Å². The number of nitrogens with one attached hydrogen (secondary N) is 1. The summed E-state index contributed by atoms with van der Waals surface area (Å²) in [6.45, 7) is 2.63. The van der Waals surface area contributed by atoms with Gasteiger partial charge >= 0.3 is 0 Å². The topological polar surface area (TPSA) is 51.2 Å². The third-order valence-corrected chi connectivity index (χ3v) is 2.36. The van der Waals surface area contributed by atoms with Gasteiger partial charge in [-0.05, 0) is 12.5 Å². The van der Waals surface area contributed by atoms with Gasteiger partial charge in [-0.25, -0.2) is 0 Å². The van der Waals surface area contributed by atoms with E-state index in [1.165, 1.54) is 0 Å². The molecule has 1 heterocycles. The highest BCUT2D eigenvalue weighted by Crippen LogP contribution is 2.13. The maximum Gasteiger partial charge on any atom is 0.0950 e. The molecule has 0 amide bonds. The summed E-state index contributed by atoms with van der Waals surface area (Å²) in [5, 5.41) is 3.34. The summed E-state index contributed by atoms with van der Waals surface area (Å²) in [4.78, 5) is 0. The van der Waals surface area contributed by atoms with Crippen LogP contribution in [0.15, 0.2) is 23.0 Å². The first-order chi connectivity index (χ1) is 7.31. The van der Waals surface area contributed by atoms with E-state index in [1.54, 1.807) is 12.5 Å². The van der Waals surface area contributed by atoms with Gasteiger partial charge in [-0.2, -0.15) is 0 Å². The van der Waals surface area contributed by atoms with Crippen molar-refractivity contribution in [3.63, 3.8) is 0 Å². The van der Waals surface area contributed by atoms with E-state index in [1.807, 2.05) is 6.07 Å². The van der Waals surface area contributed by atoms with Crippen LogP contribution in [0.5, 0.6) is 0 Å². The zero-order valence-corrected chi connectivity index (χ0v) is 9.07. The minimum absolute atomic E-state index is 0.0800. The maximum atomic E-state index is 5.69. The summed E-state index contributed by atoms with van der Waals surface area (Å²) < 4.78 is 5.03. The second-order valence-electron chi connectivity index (χ2n) is 3.52. The molecule has 0 saturated heterocycles. The quantitative estimate of drug-likeness (QED) is 0.696. The molecule has 1 aromatic heterocycles. The van der Waals surface area contributed by atoms with E-state index in [2.05, 4.69) is 18.2 Å². The van der Waals surface area contributed by atoms with Crippen molar-refractivity contribution in [3.05, 3.63) is 24.2 Å². The number of rotatable bonds is 6. The van der Waals surface area contributed by atoms with Gasteiger partial charge in [0, 0.05) is 18.2 Å². The molecule has 2 atom stereocenters. The molecule has 0 fully saturated rings. The van der Waals surface area contributed by atoms with Crippen LogP contribution >= 0.6 is 0 Å². The van der Waals surface area contributed by atoms with Gasteiger partial charge in [-0.3, -0.25) is 5.32 Å². The van der Waals surface area contributed by atoms with E-state index in [0.717, 1.165) is 18.4 Å². The van der Waals surface area contributed by atoms with E-state index in [9.17, 15) is 0 Å². The molecule has 0 bridgehead atoms. The van der Waals surface area contributed by atoms with Crippen molar-refractivity contribution in [1.82, 2.24) is 5.32 Å². The Morgan fingerprint density at radius 1 is 1.67 bits per heavy atom. The fourth-order valence-corrected chi connectivity index (χ4v) is 1.52. The Morgan fingerprint density at radius 3 is 2.93 bits per heavy atom. The molecule has 3 heteroatoms. The van der Waals surface area contributed by atoms with Crippen molar-refractivity contribution < 1.29 is 4.42 Å². The monoisotopic (exact) mass is 206 g/mol. The predicted molar refractivity (Wildman–Crippen MR) is 61.2 cm³/mol. The van der Waals surface area contributed by atoms with Gasteiger partial charge in [0.25, 0.3) is 0 Å². The zero-order valence-electron chi connectivity index (χ0n) is 9.07. The Kier molecular flexibility index (Phi) is 4.96. The maximum absolute atomic E-state index is 5.69. The van der Waals surface area contributed by atoms with E-state index >= 15 is 0 Å². The molecular weight excluding hydrogens is 188 g/mol. The predicted octanol–water partition coefficient (Wildman–Crippen LogP) is 1.67. The standard InChI is InChI=1S/C12H18N2O/c1-3-5-11(4-2)14-12(8-13)10-6-7-15-9-10/h2,6-7,9,11-12,14H,3,5,8,13H2,1H3. The van der Waals surface area contributed by atoms with Crippen LogP contribution in [0, 0.1) is 12.3 Å². The summed E-state index contributed by atoms with van der Waals surface area (Å²) in [6.07, 6.45) is 10.8. The molecule has 1 rings (SSSR count). The smallest absolute Gasteiger partial charge is 0.0950 e. The van der Waals surface area contributed by atoms with E-state index in [-0.39, 0.29) is 12.1 Å². The fraction of sp³-hybridized carbons (Fsp3) is 0.500. The molecule has 82 valence electrons. The number of hydrogen-bond donors (Lipinski definition) is 2. The van der Waals surface area contributed by atoms with Crippen molar-refractivity contribution in [1.29, 1.82) is 0 Å². The van der Waals surface area contributed by atoms with Gasteiger partial charge in [0.2, 0.25) is 0 Å². The first kappa shape index (κ1) is 11.8. The zero-order chi connectivity index (χ0) is 11.1. The number of nitrogens with two attached hydrogens (primary N) is 1. The Bertz CT molecular complexity index is 300. The van der Waals surface area contributed by atoms with Crippen molar-refractivity contribution in [2.24, 2.45) is 5.73 Å². The molecule has 0 aliphatic heterocycles. The summed E-state index contributed by atoms with van der Waals surface area (Å²) in [5.74, 6) is 2.73. The van der Waals surface area contributed by atoms with Gasteiger partial charge in [0.1, 0.15) is 0 Å². The van der Waals surface area contributed by atoms with Gasteiger partial charge in [0.15, 0.2) is 0 Å². The summed E-state index contributed by atoms with van der Waals surface area (Å²) in [5.41, 5.74) is 6.74. The highest BCUT2D eigenvalue weighted by atomic mass is 16.3. The molecular formula is C12H18N2O. The van der Waals surface area contributed by atoms with Crippen LogP contribution < -0.4 is 11.1 Å². The molecule has 0 radical (unpaired) electrons. The number of hydrogen-bond acceptors (Lipinski definition) is 3. The average molecular weight is 206 g/mol. The summed E-state index contributed by atoms with van der Waals surface area (Å²) in [6, 6.07) is 2.07. The fourth-order valence-electron chi connectivity index (χ4n) is 1.52. The SMILES string of the molecule is C#CC(CCC)NC(CN)c1ccoc1. The lowest BCUT2D eigenvalue weighted by atomic mass is 10.1. The Hall–Kier alpha value is -1.24. The van der Waals surface area contributed by atoms with Crippen molar-refractivity contribution in [2.45, 2.75) is 31.8 Å². The molecule has 0 saturated carbocycles. The van der Waals surface area contributed by atoms with Crippen molar-refractivity contribution >= 4 is 0 Å². The first-order valence-electron chi connectivity index (χ1n) is 5.26. The third-order valence-electron chi connectivity index (χ3n) is 2.36. The Morgan fingerprint density at radius 2 is 2.47 bits per heavy atom. The number of terminal acetylenes is 1. The molecule has 3 nitrogen and oxygen atoms in total. The van der Waals surface area contributed by atoms with Crippen LogP contribution in [0.2, 0.25) is 0 Å². The van der Waals surface area contributed by atoms with Gasteiger partial charge in [-0.1, -0.05) is 19.3 Å². The molecule has 0 aliphatic carbocycles. The minimum Gasteiger partial charge on any atom is -0.472 e. The van der Waals surface area contributed by atoms with Crippen LogP contribution in [0.25, 0.3) is 0 Å². The first-order valence-corrected chi connectivity index (χ1v) is 5.26. The van der Waals surface area contributed by atoms with Crippen LogP contribution in [0.3, 0.4) is 0 Å². The van der Waals surface area contributed by atoms with E-state index < -0.39 is 0 Å². The van der Waals surface area contributed by atoms with Crippen LogP contribution in [0.4, 0.5) is 0 Å². The molecule has 0 aliphatic rings. The highest BCUT2D eigenvalue weighted by molar-refractivity contribution is 5.14. The van der Waals surface area contributed by atoms with Crippen LogP contribution in [-0.2, 0) is 0 Å². The normalized spacial score (nSPS) is 14.5. The van der Waals surface area contributed by atoms with Gasteiger partial charge < -0.3 is 10.2 Å². The minimum atomic E-state index is 0.0800. The van der Waals surface area contributed by atoms with Gasteiger partial charge in [0.05, 0.1) is 18.6 Å². The lowest BCUT2D eigenvalue weighted by Crippen LogP contribution is -2.35. The molecule has 0 spiro atoms. The highest BCUT2D eigenvalue weighted by Gasteiger charge is 2.14. The third kappa shape index (κ3) is 3.43. The Balaban J connectivity index is 2.57. The Labute approximate surface area is 91.0 Å². The number of furan rings is 1. The van der Waals surface area contributed by atoms with Crippen molar-refractivity contribution in [3.8, 4) is 12.3 Å². The van der Waals surface area contributed by atoms with Crippen LogP contribution in [0.1, 0.15) is 31.4 Å². The molecule has 3 N–H and O–H groups in total. The molecule has 0 aromatic carbocycles. The second kappa shape index (κ2) is 6.28. The largest absolute Gasteiger partial charge is 0.472 e. The van der Waals surface area contributed by atoms with E-state index in [0.29, 0.717) is 6.54 Å². The lowest BCUT2D eigenvalue weighted by Gasteiger charge is -2.19. The summed E-state index contributed by atoms with van der Waals surface area (Å²) in [7, 11) is 0. The lowest BCUT2D eigenvalue weighted by molar-refractivity contribution is 0.469.